The van der Waals surface area contributed by atoms with E-state index < -0.39 is 17.7 Å². The quantitative estimate of drug-likeness (QED) is 0.474. The minimum absolute atomic E-state index is 1.12. The molecule has 6 heteroatoms. The Morgan fingerprint density at radius 1 is 1.50 bits per heavy atom. The topological polar surface area (TPSA) is 37.3 Å². The van der Waals surface area contributed by atoms with Crippen LogP contribution in [0.2, 0.25) is 0 Å². The molecule has 0 bridgehead atoms. The number of halogens is 3. The molecule has 0 unspecified atom stereocenters. The zero-order valence-corrected chi connectivity index (χ0v) is 5.21. The maximum absolute atomic E-state index is 11.4. The molecule has 0 saturated carbocycles. The number of carboxylic acids is 1. The minimum atomic E-state index is -4.91. The van der Waals surface area contributed by atoms with Gasteiger partial charge in [-0.15, -0.1) is 0 Å². The van der Waals surface area contributed by atoms with Crippen molar-refractivity contribution in [1.29, 1.82) is 0 Å². The minimum Gasteiger partial charge on any atom is -0.477 e. The number of alkyl halides is 3. The first-order valence-corrected chi connectivity index (χ1v) is 2.36. The molecule has 0 aromatic carbocycles. The summed E-state index contributed by atoms with van der Waals surface area (Å²) in [6, 6.07) is 0. The summed E-state index contributed by atoms with van der Waals surface area (Å²) < 4.78 is 34.3. The molecule has 0 spiro atoms. The molecular weight excluding hydrogens is 169 g/mol. The molecule has 0 aliphatic rings. The van der Waals surface area contributed by atoms with Crippen molar-refractivity contribution < 1.29 is 23.1 Å². The van der Waals surface area contributed by atoms with E-state index in [1.165, 1.54) is 0 Å². The van der Waals surface area contributed by atoms with E-state index >= 15 is 0 Å². The highest BCUT2D eigenvalue weighted by Gasteiger charge is 2.39. The Hall–Kier alpha value is -0.870. The third kappa shape index (κ3) is 2.16. The summed E-state index contributed by atoms with van der Waals surface area (Å²) in [7, 11) is 0. The number of carbonyl (C=O) groups is 1. The predicted molar refractivity (Wildman–Crippen MR) is 29.8 cm³/mol. The van der Waals surface area contributed by atoms with Crippen LogP contribution in [0.4, 0.5) is 13.2 Å². The highest BCUT2D eigenvalue weighted by molar-refractivity contribution is 7.78. The lowest BCUT2D eigenvalue weighted by Crippen LogP contribution is -2.19. The zero-order chi connectivity index (χ0) is 8.36. The molecule has 0 fully saturated rings. The Balaban J connectivity index is 4.74. The fourth-order valence-corrected chi connectivity index (χ4v) is 0.426. The van der Waals surface area contributed by atoms with Crippen LogP contribution in [-0.4, -0.2) is 22.3 Å². The van der Waals surface area contributed by atoms with Crippen LogP contribution in [0.5, 0.6) is 0 Å². The molecule has 0 aromatic heterocycles. The Kier molecular flexibility index (Phi) is 2.56. The van der Waals surface area contributed by atoms with E-state index in [0.29, 0.717) is 0 Å². The fourth-order valence-electron chi connectivity index (χ4n) is 0.223. The van der Waals surface area contributed by atoms with Gasteiger partial charge in [0, 0.05) is 0 Å². The first-order chi connectivity index (χ1) is 4.39. The molecule has 0 atom stereocenters. The number of hydrogen-bond acceptors (Lipinski definition) is 2. The van der Waals surface area contributed by atoms with E-state index in [9.17, 15) is 18.0 Å². The molecule has 2 nitrogen and oxygen atoms in total. The summed E-state index contributed by atoms with van der Waals surface area (Å²) in [5.74, 6) is -2.11. The van der Waals surface area contributed by atoms with Crippen LogP contribution in [0, 0.1) is 0 Å². The Labute approximate surface area is 59.0 Å². The van der Waals surface area contributed by atoms with E-state index in [4.69, 9.17) is 5.11 Å². The highest BCUT2D eigenvalue weighted by Crippen LogP contribution is 2.23. The van der Waals surface area contributed by atoms with Crippen LogP contribution >= 0.6 is 12.2 Å². The van der Waals surface area contributed by atoms with Gasteiger partial charge in [-0.3, -0.25) is 0 Å². The molecule has 0 aliphatic carbocycles. The molecule has 56 valence electrons. The standard InChI is InChI=1S/C4HF3O2S/c5-4(6,7)2(1-10)3(8)9/h(H,8,9). The molecule has 0 amide bonds. The lowest BCUT2D eigenvalue weighted by atomic mass is 10.3. The molecular formula is C4HF3O2S. The van der Waals surface area contributed by atoms with Crippen LogP contribution < -0.4 is 0 Å². The average Bonchev–Trinajstić information content (AvgIpc) is 1.60. The summed E-state index contributed by atoms with van der Waals surface area (Å²) in [5.41, 5.74) is -1.84. The van der Waals surface area contributed by atoms with Crippen molar-refractivity contribution in [3.05, 3.63) is 5.57 Å². The Bertz CT molecular complexity index is 201. The van der Waals surface area contributed by atoms with Crippen LogP contribution in [-0.2, 0) is 4.79 Å². The monoisotopic (exact) mass is 170 g/mol. The van der Waals surface area contributed by atoms with Crippen molar-refractivity contribution in [1.82, 2.24) is 0 Å². The van der Waals surface area contributed by atoms with Gasteiger partial charge < -0.3 is 5.11 Å². The second-order valence-electron chi connectivity index (χ2n) is 1.28. The van der Waals surface area contributed by atoms with Crippen molar-refractivity contribution in [2.24, 2.45) is 0 Å². The number of thiocarbonyl (C=S) groups is 1. The van der Waals surface area contributed by atoms with Gasteiger partial charge in [0.25, 0.3) is 0 Å². The van der Waals surface area contributed by atoms with Gasteiger partial charge in [-0.2, -0.15) is 13.2 Å². The van der Waals surface area contributed by atoms with Crippen molar-refractivity contribution in [2.75, 3.05) is 0 Å². The maximum Gasteiger partial charge on any atom is 0.431 e. The van der Waals surface area contributed by atoms with Gasteiger partial charge in [0.1, 0.15) is 0 Å². The van der Waals surface area contributed by atoms with Gasteiger partial charge in [-0.1, -0.05) is 0 Å². The van der Waals surface area contributed by atoms with Gasteiger partial charge in [0.2, 0.25) is 0 Å². The summed E-state index contributed by atoms with van der Waals surface area (Å²) in [4.78, 5) is 9.69. The third-order valence-electron chi connectivity index (χ3n) is 0.599. The van der Waals surface area contributed by atoms with Gasteiger partial charge in [0.05, 0.1) is 0 Å². The second kappa shape index (κ2) is 2.81. The van der Waals surface area contributed by atoms with E-state index in [1.807, 2.05) is 0 Å². The fraction of sp³-hybridized carbons (Fsp3) is 0.250. The van der Waals surface area contributed by atoms with Crippen LogP contribution in [0.25, 0.3) is 0 Å². The molecule has 10 heavy (non-hydrogen) atoms. The molecule has 0 aliphatic heterocycles. The lowest BCUT2D eigenvalue weighted by molar-refractivity contribution is -0.144. The summed E-state index contributed by atoms with van der Waals surface area (Å²) >= 11 is 3.71. The number of rotatable bonds is 1. The Morgan fingerprint density at radius 3 is 1.90 bits per heavy atom. The number of hydrogen-bond donors (Lipinski definition) is 1. The number of carboxylic acid groups (broad SMARTS) is 1. The smallest absolute Gasteiger partial charge is 0.431 e. The van der Waals surface area contributed by atoms with E-state index in [-0.39, 0.29) is 0 Å². The van der Waals surface area contributed by atoms with Crippen LogP contribution in [0.15, 0.2) is 5.57 Å². The van der Waals surface area contributed by atoms with E-state index in [1.54, 1.807) is 0 Å². The largest absolute Gasteiger partial charge is 0.477 e. The zero-order valence-electron chi connectivity index (χ0n) is 4.40. The SMILES string of the molecule is O=C(O)C(=C=S)C(F)(F)F. The number of aliphatic carboxylic acids is 1. The molecule has 0 saturated heterocycles. The van der Waals surface area contributed by atoms with E-state index in [0.717, 1.165) is 5.02 Å². The van der Waals surface area contributed by atoms with Crippen molar-refractivity contribution in [2.45, 2.75) is 6.18 Å². The summed E-state index contributed by atoms with van der Waals surface area (Å²) in [5, 5.41) is 8.94. The van der Waals surface area contributed by atoms with Crippen LogP contribution in [0.1, 0.15) is 0 Å². The summed E-state index contributed by atoms with van der Waals surface area (Å²) in [6.45, 7) is 0. The second-order valence-corrected chi connectivity index (χ2v) is 1.48. The molecule has 0 heterocycles. The predicted octanol–water partition coefficient (Wildman–Crippen LogP) is 1.16. The van der Waals surface area contributed by atoms with E-state index in [2.05, 4.69) is 12.2 Å². The first-order valence-electron chi connectivity index (χ1n) is 1.95. The molecule has 1 N–H and O–H groups in total. The molecule has 0 rings (SSSR count). The lowest BCUT2D eigenvalue weighted by Gasteiger charge is -2.01. The maximum atomic E-state index is 11.4. The van der Waals surface area contributed by atoms with Crippen molar-refractivity contribution in [3.63, 3.8) is 0 Å². The highest BCUT2D eigenvalue weighted by atomic mass is 32.1. The van der Waals surface area contributed by atoms with Gasteiger partial charge in [0.15, 0.2) is 5.57 Å². The first kappa shape index (κ1) is 9.13. The Morgan fingerprint density at radius 2 is 1.90 bits per heavy atom. The molecule has 0 aromatic rings. The average molecular weight is 170 g/mol. The van der Waals surface area contributed by atoms with Gasteiger partial charge >= 0.3 is 12.1 Å². The third-order valence-corrected chi connectivity index (χ3v) is 0.804. The van der Waals surface area contributed by atoms with Crippen molar-refractivity contribution in [3.8, 4) is 0 Å². The summed E-state index contributed by atoms with van der Waals surface area (Å²) in [6.07, 6.45) is -4.91. The van der Waals surface area contributed by atoms with Crippen molar-refractivity contribution >= 4 is 23.2 Å². The van der Waals surface area contributed by atoms with Gasteiger partial charge in [-0.25, -0.2) is 4.79 Å². The van der Waals surface area contributed by atoms with Crippen LogP contribution in [0.3, 0.4) is 0 Å². The van der Waals surface area contributed by atoms with Gasteiger partial charge in [-0.05, 0) is 17.2 Å². The normalized spacial score (nSPS) is 10.3. The molecule has 0 radical (unpaired) electrons.